The first-order chi connectivity index (χ1) is 7.69. The molecular weight excluding hydrogens is 202 g/mol. The summed E-state index contributed by atoms with van der Waals surface area (Å²) in [4.78, 5) is 13.3. The molecule has 0 radical (unpaired) electrons. The monoisotopic (exact) mass is 221 g/mol. The summed E-state index contributed by atoms with van der Waals surface area (Å²) < 4.78 is 0. The fourth-order valence-electron chi connectivity index (χ4n) is 1.83. The molecule has 1 aromatic heterocycles. The zero-order valence-electron chi connectivity index (χ0n) is 9.98. The number of nitrogen functional groups attached to an aromatic ring is 1. The minimum atomic E-state index is 0.570. The molecule has 0 amide bonds. The molecule has 2 heterocycles. The van der Waals surface area contributed by atoms with Crippen LogP contribution in [0.15, 0.2) is 6.07 Å². The second kappa shape index (κ2) is 4.65. The van der Waals surface area contributed by atoms with Gasteiger partial charge in [-0.05, 0) is 13.5 Å². The van der Waals surface area contributed by atoms with Crippen LogP contribution in [-0.2, 0) is 6.42 Å². The first-order valence-electron chi connectivity index (χ1n) is 5.76. The summed E-state index contributed by atoms with van der Waals surface area (Å²) in [7, 11) is 2.13. The van der Waals surface area contributed by atoms with E-state index in [4.69, 9.17) is 5.73 Å². The summed E-state index contributed by atoms with van der Waals surface area (Å²) in [6.45, 7) is 6.14. The van der Waals surface area contributed by atoms with Crippen LogP contribution in [-0.4, -0.2) is 48.1 Å². The molecular formula is C11H19N5. The Balaban J connectivity index is 2.16. The van der Waals surface area contributed by atoms with Crippen LogP contribution < -0.4 is 10.6 Å². The van der Waals surface area contributed by atoms with Crippen molar-refractivity contribution in [3.8, 4) is 0 Å². The topological polar surface area (TPSA) is 58.3 Å². The van der Waals surface area contributed by atoms with Gasteiger partial charge in [-0.15, -0.1) is 0 Å². The highest BCUT2D eigenvalue weighted by molar-refractivity contribution is 5.40. The van der Waals surface area contributed by atoms with Gasteiger partial charge in [0, 0.05) is 37.9 Å². The van der Waals surface area contributed by atoms with E-state index in [1.165, 1.54) is 0 Å². The van der Waals surface area contributed by atoms with Crippen LogP contribution in [0.2, 0.25) is 0 Å². The third-order valence-electron chi connectivity index (χ3n) is 2.94. The van der Waals surface area contributed by atoms with Gasteiger partial charge in [-0.25, -0.2) is 4.98 Å². The summed E-state index contributed by atoms with van der Waals surface area (Å²) in [5, 5.41) is 0. The van der Waals surface area contributed by atoms with E-state index in [2.05, 4.69) is 33.7 Å². The Labute approximate surface area is 96.3 Å². The van der Waals surface area contributed by atoms with Crippen LogP contribution in [0.1, 0.15) is 12.6 Å². The lowest BCUT2D eigenvalue weighted by atomic mass is 10.3. The van der Waals surface area contributed by atoms with E-state index >= 15 is 0 Å². The molecule has 5 nitrogen and oxygen atoms in total. The quantitative estimate of drug-likeness (QED) is 0.782. The number of aryl methyl sites for hydroxylation is 1. The van der Waals surface area contributed by atoms with Crippen molar-refractivity contribution in [3.05, 3.63) is 11.8 Å². The Morgan fingerprint density at radius 1 is 1.25 bits per heavy atom. The molecule has 0 aliphatic carbocycles. The number of hydrogen-bond donors (Lipinski definition) is 1. The van der Waals surface area contributed by atoms with Crippen LogP contribution in [0.5, 0.6) is 0 Å². The average Bonchev–Trinajstić information content (AvgIpc) is 2.29. The van der Waals surface area contributed by atoms with Crippen molar-refractivity contribution in [2.45, 2.75) is 13.3 Å². The number of rotatable bonds is 2. The van der Waals surface area contributed by atoms with Crippen molar-refractivity contribution >= 4 is 11.8 Å². The van der Waals surface area contributed by atoms with Crippen LogP contribution in [0.4, 0.5) is 11.8 Å². The fourth-order valence-corrected chi connectivity index (χ4v) is 1.83. The second-order valence-corrected chi connectivity index (χ2v) is 4.23. The molecule has 5 heteroatoms. The largest absolute Gasteiger partial charge is 0.384 e. The Morgan fingerprint density at radius 2 is 1.94 bits per heavy atom. The standard InChI is InChI=1S/C11H19N5/c1-3-9-8-10(12)14-11(13-9)16-6-4-15(2)5-7-16/h8H,3-7H2,1-2H3,(H2,12,13,14). The van der Waals surface area contributed by atoms with Crippen molar-refractivity contribution in [2.24, 2.45) is 0 Å². The van der Waals surface area contributed by atoms with E-state index in [-0.39, 0.29) is 0 Å². The van der Waals surface area contributed by atoms with E-state index in [1.54, 1.807) is 0 Å². The highest BCUT2D eigenvalue weighted by Gasteiger charge is 2.16. The van der Waals surface area contributed by atoms with Gasteiger partial charge in [-0.1, -0.05) is 6.92 Å². The molecule has 2 N–H and O–H groups in total. The van der Waals surface area contributed by atoms with Crippen molar-refractivity contribution < 1.29 is 0 Å². The molecule has 1 fully saturated rings. The van der Waals surface area contributed by atoms with Crippen LogP contribution in [0.25, 0.3) is 0 Å². The Hall–Kier alpha value is -1.36. The lowest BCUT2D eigenvalue weighted by Crippen LogP contribution is -2.45. The van der Waals surface area contributed by atoms with Crippen molar-refractivity contribution in [1.29, 1.82) is 0 Å². The maximum Gasteiger partial charge on any atom is 0.227 e. The molecule has 0 saturated carbocycles. The Morgan fingerprint density at radius 3 is 2.56 bits per heavy atom. The maximum atomic E-state index is 5.78. The molecule has 0 spiro atoms. The number of anilines is 2. The lowest BCUT2D eigenvalue weighted by molar-refractivity contribution is 0.311. The predicted molar refractivity (Wildman–Crippen MR) is 65.5 cm³/mol. The third kappa shape index (κ3) is 2.41. The summed E-state index contributed by atoms with van der Waals surface area (Å²) in [6.07, 6.45) is 0.896. The van der Waals surface area contributed by atoms with Gasteiger partial charge < -0.3 is 15.5 Å². The van der Waals surface area contributed by atoms with Gasteiger partial charge in [0.2, 0.25) is 5.95 Å². The molecule has 0 unspecified atom stereocenters. The highest BCUT2D eigenvalue weighted by Crippen LogP contribution is 2.14. The zero-order chi connectivity index (χ0) is 11.5. The van der Waals surface area contributed by atoms with Crippen LogP contribution >= 0.6 is 0 Å². The van der Waals surface area contributed by atoms with Gasteiger partial charge in [-0.3, -0.25) is 0 Å². The number of aromatic nitrogens is 2. The van der Waals surface area contributed by atoms with Gasteiger partial charge in [0.15, 0.2) is 0 Å². The van der Waals surface area contributed by atoms with E-state index in [0.717, 1.165) is 44.2 Å². The van der Waals surface area contributed by atoms with Gasteiger partial charge in [0.05, 0.1) is 0 Å². The van der Waals surface area contributed by atoms with E-state index in [1.807, 2.05) is 6.07 Å². The molecule has 0 atom stereocenters. The number of hydrogen-bond acceptors (Lipinski definition) is 5. The van der Waals surface area contributed by atoms with Crippen molar-refractivity contribution in [3.63, 3.8) is 0 Å². The molecule has 2 rings (SSSR count). The first-order valence-corrected chi connectivity index (χ1v) is 5.76. The average molecular weight is 221 g/mol. The molecule has 1 aliphatic heterocycles. The Kier molecular flexibility index (Phi) is 3.24. The number of piperazine rings is 1. The van der Waals surface area contributed by atoms with Crippen LogP contribution in [0.3, 0.4) is 0 Å². The van der Waals surface area contributed by atoms with Crippen molar-refractivity contribution in [2.75, 3.05) is 43.9 Å². The van der Waals surface area contributed by atoms with Gasteiger partial charge in [0.25, 0.3) is 0 Å². The molecule has 16 heavy (non-hydrogen) atoms. The lowest BCUT2D eigenvalue weighted by Gasteiger charge is -2.32. The van der Waals surface area contributed by atoms with Gasteiger partial charge >= 0.3 is 0 Å². The van der Waals surface area contributed by atoms with Crippen molar-refractivity contribution in [1.82, 2.24) is 14.9 Å². The number of nitrogens with zero attached hydrogens (tertiary/aromatic N) is 4. The number of likely N-dealkylation sites (N-methyl/N-ethyl adjacent to an activating group) is 1. The Bertz CT molecular complexity index is 357. The minimum absolute atomic E-state index is 0.570. The summed E-state index contributed by atoms with van der Waals surface area (Å²) in [5.41, 5.74) is 6.80. The molecule has 1 saturated heterocycles. The first kappa shape index (κ1) is 11.1. The van der Waals surface area contributed by atoms with Gasteiger partial charge in [-0.2, -0.15) is 4.98 Å². The zero-order valence-corrected chi connectivity index (χ0v) is 9.98. The summed E-state index contributed by atoms with van der Waals surface area (Å²) >= 11 is 0. The third-order valence-corrected chi connectivity index (χ3v) is 2.94. The predicted octanol–water partition coefficient (Wildman–Crippen LogP) is 0.373. The molecule has 88 valence electrons. The fraction of sp³-hybridized carbons (Fsp3) is 0.636. The second-order valence-electron chi connectivity index (χ2n) is 4.23. The normalized spacial score (nSPS) is 17.8. The molecule has 0 aromatic carbocycles. The smallest absolute Gasteiger partial charge is 0.227 e. The summed E-state index contributed by atoms with van der Waals surface area (Å²) in [5.74, 6) is 1.35. The maximum absolute atomic E-state index is 5.78. The van der Waals surface area contributed by atoms with Crippen LogP contribution in [0, 0.1) is 0 Å². The van der Waals surface area contributed by atoms with E-state index in [9.17, 15) is 0 Å². The molecule has 0 bridgehead atoms. The van der Waals surface area contributed by atoms with E-state index < -0.39 is 0 Å². The SMILES string of the molecule is CCc1cc(N)nc(N2CCN(C)CC2)n1. The minimum Gasteiger partial charge on any atom is -0.384 e. The molecule has 1 aliphatic rings. The van der Waals surface area contributed by atoms with Gasteiger partial charge in [0.1, 0.15) is 5.82 Å². The summed E-state index contributed by atoms with van der Waals surface area (Å²) in [6, 6.07) is 1.85. The highest BCUT2D eigenvalue weighted by atomic mass is 15.3. The number of nitrogens with two attached hydrogens (primary N) is 1. The van der Waals surface area contributed by atoms with E-state index in [0.29, 0.717) is 5.82 Å². The molecule has 1 aromatic rings.